The van der Waals surface area contributed by atoms with Crippen molar-refractivity contribution in [3.05, 3.63) is 59.7 Å². The molecule has 0 spiro atoms. The monoisotopic (exact) mass is 367 g/mol. The summed E-state index contributed by atoms with van der Waals surface area (Å²) in [6.45, 7) is 10.1. The molecule has 2 aromatic carbocycles. The lowest BCUT2D eigenvalue weighted by Gasteiger charge is -2.38. The van der Waals surface area contributed by atoms with E-state index in [2.05, 4.69) is 19.2 Å². The van der Waals surface area contributed by atoms with E-state index in [1.807, 2.05) is 62.4 Å². The molecule has 0 aromatic heterocycles. The molecule has 0 fully saturated rings. The van der Waals surface area contributed by atoms with Crippen LogP contribution in [-0.4, -0.2) is 17.6 Å². The molecule has 1 aliphatic rings. The van der Waals surface area contributed by atoms with E-state index in [-0.39, 0.29) is 17.6 Å². The molecule has 0 bridgehead atoms. The highest BCUT2D eigenvalue weighted by molar-refractivity contribution is 5.81. The van der Waals surface area contributed by atoms with Crippen LogP contribution in [0.15, 0.2) is 48.5 Å². The van der Waals surface area contributed by atoms with E-state index < -0.39 is 6.10 Å². The number of ether oxygens (including phenoxy) is 2. The molecule has 0 saturated heterocycles. The van der Waals surface area contributed by atoms with Crippen molar-refractivity contribution in [1.82, 2.24) is 5.32 Å². The third-order valence-corrected chi connectivity index (χ3v) is 4.91. The Kier molecular flexibility index (Phi) is 5.45. The van der Waals surface area contributed by atoms with Crippen molar-refractivity contribution in [2.75, 3.05) is 0 Å². The Hall–Kier alpha value is -2.49. The van der Waals surface area contributed by atoms with E-state index in [0.29, 0.717) is 12.3 Å². The second-order valence-corrected chi connectivity index (χ2v) is 8.12. The van der Waals surface area contributed by atoms with Crippen molar-refractivity contribution >= 4 is 5.91 Å². The summed E-state index contributed by atoms with van der Waals surface area (Å²) in [5, 5.41) is 3.16. The topological polar surface area (TPSA) is 47.6 Å². The molecule has 0 saturated carbocycles. The van der Waals surface area contributed by atoms with Gasteiger partial charge >= 0.3 is 0 Å². The predicted octanol–water partition coefficient (Wildman–Crippen LogP) is 5.00. The lowest BCUT2D eigenvalue weighted by atomic mass is 9.89. The second-order valence-electron chi connectivity index (χ2n) is 8.12. The Labute approximate surface area is 161 Å². The molecule has 1 heterocycles. The van der Waals surface area contributed by atoms with E-state index in [4.69, 9.17) is 9.47 Å². The summed E-state index contributed by atoms with van der Waals surface area (Å²) in [4.78, 5) is 12.8. The van der Waals surface area contributed by atoms with Crippen molar-refractivity contribution in [3.8, 4) is 11.5 Å². The lowest BCUT2D eigenvalue weighted by Crippen LogP contribution is -2.44. The van der Waals surface area contributed by atoms with Gasteiger partial charge in [0.25, 0.3) is 5.91 Å². The number of para-hydroxylation sites is 2. The number of carbonyl (C=O) groups excluding carboxylic acids is 1. The predicted molar refractivity (Wildman–Crippen MR) is 107 cm³/mol. The minimum atomic E-state index is -0.581. The van der Waals surface area contributed by atoms with Gasteiger partial charge in [0, 0.05) is 12.0 Å². The summed E-state index contributed by atoms with van der Waals surface area (Å²) in [7, 11) is 0. The number of hydrogen-bond acceptors (Lipinski definition) is 3. The van der Waals surface area contributed by atoms with E-state index >= 15 is 0 Å². The molecule has 0 unspecified atom stereocenters. The quantitative estimate of drug-likeness (QED) is 0.809. The number of rotatable bonds is 5. The van der Waals surface area contributed by atoms with E-state index in [9.17, 15) is 4.79 Å². The molecule has 4 nitrogen and oxygen atoms in total. The van der Waals surface area contributed by atoms with Crippen LogP contribution in [0.4, 0.5) is 0 Å². The Morgan fingerprint density at radius 1 is 1.11 bits per heavy atom. The summed E-state index contributed by atoms with van der Waals surface area (Å²) in [5.74, 6) is 1.81. The standard InChI is InChI=1S/C23H29NO3/c1-15(2)17-10-6-8-12-20(17)26-16(3)22(25)24-19-14-23(4,5)27-21-13-9-7-11-18(19)21/h6-13,15-16,19H,14H2,1-5H3,(H,24,25)/t16-,19-/m0/s1. The zero-order valence-electron chi connectivity index (χ0n) is 16.8. The van der Waals surface area contributed by atoms with Crippen LogP contribution in [0.2, 0.25) is 0 Å². The fourth-order valence-electron chi connectivity index (χ4n) is 3.53. The summed E-state index contributed by atoms with van der Waals surface area (Å²) < 4.78 is 12.1. The third-order valence-electron chi connectivity index (χ3n) is 4.91. The highest BCUT2D eigenvalue weighted by Gasteiger charge is 2.35. The van der Waals surface area contributed by atoms with Gasteiger partial charge in [-0.05, 0) is 44.4 Å². The lowest BCUT2D eigenvalue weighted by molar-refractivity contribution is -0.128. The number of hydrogen-bond donors (Lipinski definition) is 1. The number of nitrogens with one attached hydrogen (secondary N) is 1. The Morgan fingerprint density at radius 3 is 2.52 bits per heavy atom. The van der Waals surface area contributed by atoms with Gasteiger partial charge in [0.15, 0.2) is 6.10 Å². The third kappa shape index (κ3) is 4.44. The van der Waals surface area contributed by atoms with Crippen molar-refractivity contribution in [1.29, 1.82) is 0 Å². The minimum Gasteiger partial charge on any atom is -0.487 e. The molecular weight excluding hydrogens is 338 g/mol. The number of fused-ring (bicyclic) bond motifs is 1. The zero-order chi connectivity index (χ0) is 19.6. The maximum atomic E-state index is 12.8. The van der Waals surface area contributed by atoms with Gasteiger partial charge in [-0.1, -0.05) is 50.2 Å². The van der Waals surface area contributed by atoms with Crippen molar-refractivity contribution in [2.45, 2.75) is 64.7 Å². The molecule has 4 heteroatoms. The molecule has 2 aromatic rings. The molecule has 2 atom stereocenters. The highest BCUT2D eigenvalue weighted by atomic mass is 16.5. The van der Waals surface area contributed by atoms with Gasteiger partial charge in [-0.15, -0.1) is 0 Å². The van der Waals surface area contributed by atoms with Crippen molar-refractivity contribution < 1.29 is 14.3 Å². The number of carbonyl (C=O) groups is 1. The van der Waals surface area contributed by atoms with E-state index in [0.717, 1.165) is 22.6 Å². The first-order valence-electron chi connectivity index (χ1n) is 9.61. The van der Waals surface area contributed by atoms with Gasteiger partial charge in [0.2, 0.25) is 0 Å². The first-order valence-corrected chi connectivity index (χ1v) is 9.61. The van der Waals surface area contributed by atoms with Crippen LogP contribution in [0.1, 0.15) is 64.1 Å². The van der Waals surface area contributed by atoms with Crippen molar-refractivity contribution in [3.63, 3.8) is 0 Å². The first kappa shape index (κ1) is 19.3. The molecule has 1 N–H and O–H groups in total. The van der Waals surface area contributed by atoms with Gasteiger partial charge in [-0.2, -0.15) is 0 Å². The number of benzene rings is 2. The van der Waals surface area contributed by atoms with Gasteiger partial charge in [0.1, 0.15) is 17.1 Å². The average molecular weight is 367 g/mol. The van der Waals surface area contributed by atoms with Crippen LogP contribution in [0.3, 0.4) is 0 Å². The average Bonchev–Trinajstić information content (AvgIpc) is 2.61. The second kappa shape index (κ2) is 7.63. The fourth-order valence-corrected chi connectivity index (χ4v) is 3.53. The van der Waals surface area contributed by atoms with E-state index in [1.165, 1.54) is 0 Å². The van der Waals surface area contributed by atoms with Gasteiger partial charge in [-0.25, -0.2) is 0 Å². The Morgan fingerprint density at radius 2 is 1.78 bits per heavy atom. The van der Waals surface area contributed by atoms with E-state index in [1.54, 1.807) is 6.92 Å². The number of amides is 1. The first-order chi connectivity index (χ1) is 12.8. The SMILES string of the molecule is CC(C)c1ccccc1O[C@@H](C)C(=O)N[C@H]1CC(C)(C)Oc2ccccc21. The molecule has 27 heavy (non-hydrogen) atoms. The van der Waals surface area contributed by atoms with Gasteiger partial charge < -0.3 is 14.8 Å². The Bertz CT molecular complexity index is 813. The summed E-state index contributed by atoms with van der Waals surface area (Å²) in [6, 6.07) is 15.7. The zero-order valence-corrected chi connectivity index (χ0v) is 16.8. The largest absolute Gasteiger partial charge is 0.487 e. The normalized spacial score (nSPS) is 19.0. The molecule has 0 aliphatic carbocycles. The summed E-state index contributed by atoms with van der Waals surface area (Å²) in [6.07, 6.45) is 0.133. The smallest absolute Gasteiger partial charge is 0.261 e. The van der Waals surface area contributed by atoms with Crippen LogP contribution in [0.5, 0.6) is 11.5 Å². The maximum Gasteiger partial charge on any atom is 0.261 e. The van der Waals surface area contributed by atoms with Crippen LogP contribution >= 0.6 is 0 Å². The van der Waals surface area contributed by atoms with Crippen LogP contribution in [0.25, 0.3) is 0 Å². The molecule has 1 aliphatic heterocycles. The molecule has 1 amide bonds. The molecule has 3 rings (SSSR count). The molecule has 144 valence electrons. The fraction of sp³-hybridized carbons (Fsp3) is 0.435. The Balaban J connectivity index is 1.74. The minimum absolute atomic E-state index is 0.0937. The summed E-state index contributed by atoms with van der Waals surface area (Å²) >= 11 is 0. The van der Waals surface area contributed by atoms with Crippen LogP contribution in [0, 0.1) is 0 Å². The van der Waals surface area contributed by atoms with Gasteiger partial charge in [0.05, 0.1) is 6.04 Å². The summed E-state index contributed by atoms with van der Waals surface area (Å²) in [5.41, 5.74) is 1.79. The maximum absolute atomic E-state index is 12.8. The highest BCUT2D eigenvalue weighted by Crippen LogP contribution is 2.39. The molecular formula is C23H29NO3. The molecule has 0 radical (unpaired) electrons. The van der Waals surface area contributed by atoms with Gasteiger partial charge in [-0.3, -0.25) is 4.79 Å². The van der Waals surface area contributed by atoms with Crippen LogP contribution in [-0.2, 0) is 4.79 Å². The van der Waals surface area contributed by atoms with Crippen molar-refractivity contribution in [2.24, 2.45) is 0 Å². The van der Waals surface area contributed by atoms with Crippen LogP contribution < -0.4 is 14.8 Å².